The Morgan fingerprint density at radius 2 is 1.48 bits per heavy atom. The highest BCUT2D eigenvalue weighted by Crippen LogP contribution is 2.30. The molecule has 1 saturated heterocycles. The van der Waals surface area contributed by atoms with Crippen LogP contribution in [0.15, 0.2) is 0 Å². The van der Waals surface area contributed by atoms with Gasteiger partial charge in [-0.2, -0.15) is 0 Å². The first-order valence-electron chi connectivity index (χ1n) is 7.22. The van der Waals surface area contributed by atoms with Crippen LogP contribution in [0.5, 0.6) is 0 Å². The third-order valence-electron chi connectivity index (χ3n) is 4.29. The fraction of sp³-hybridized carbons (Fsp3) is 0.667. The Balaban J connectivity index is 2.08. The second kappa shape index (κ2) is 5.87. The number of Topliss-reactive ketones (excluding diaryl/α,β-unsaturated/α-hetero) is 3. The third kappa shape index (κ3) is 3.25. The minimum Gasteiger partial charge on any atom is -0.298 e. The zero-order valence-corrected chi connectivity index (χ0v) is 12.2. The predicted octanol–water partition coefficient (Wildman–Crippen LogP) is 0.429. The van der Waals surface area contributed by atoms with E-state index in [1.165, 1.54) is 0 Å². The second-order valence-corrected chi connectivity index (χ2v) is 6.19. The lowest BCUT2D eigenvalue weighted by molar-refractivity contribution is -0.147. The molecule has 6 heteroatoms. The molecule has 114 valence electrons. The molecule has 1 heterocycles. The molecule has 2 atom stereocenters. The van der Waals surface area contributed by atoms with Gasteiger partial charge in [0.1, 0.15) is 5.92 Å². The summed E-state index contributed by atoms with van der Waals surface area (Å²) in [7, 11) is 0. The van der Waals surface area contributed by atoms with Gasteiger partial charge in [-0.15, -0.1) is 0 Å². The molecule has 0 aromatic carbocycles. The van der Waals surface area contributed by atoms with Gasteiger partial charge in [0.2, 0.25) is 11.8 Å². The molecule has 21 heavy (non-hydrogen) atoms. The fourth-order valence-electron chi connectivity index (χ4n) is 3.19. The monoisotopic (exact) mass is 293 g/mol. The fourth-order valence-corrected chi connectivity index (χ4v) is 3.19. The van der Waals surface area contributed by atoms with Crippen LogP contribution in [0.25, 0.3) is 0 Å². The van der Waals surface area contributed by atoms with Crippen molar-refractivity contribution in [1.82, 2.24) is 5.32 Å². The summed E-state index contributed by atoms with van der Waals surface area (Å²) in [5.41, 5.74) is 0. The maximum Gasteiger partial charge on any atom is 0.226 e. The molecule has 0 radical (unpaired) electrons. The molecule has 0 aromatic heterocycles. The first-order valence-corrected chi connectivity index (χ1v) is 7.22. The van der Waals surface area contributed by atoms with Crippen molar-refractivity contribution in [2.45, 2.75) is 39.5 Å². The maximum absolute atomic E-state index is 12.3. The molecule has 2 aliphatic rings. The van der Waals surface area contributed by atoms with Crippen molar-refractivity contribution in [2.75, 3.05) is 0 Å². The van der Waals surface area contributed by atoms with Gasteiger partial charge in [-0.1, -0.05) is 13.8 Å². The Kier molecular flexibility index (Phi) is 4.34. The summed E-state index contributed by atoms with van der Waals surface area (Å²) in [5.74, 6) is -4.14. The predicted molar refractivity (Wildman–Crippen MR) is 71.9 cm³/mol. The number of hydrogen-bond donors (Lipinski definition) is 1. The molecule has 2 fully saturated rings. The van der Waals surface area contributed by atoms with Gasteiger partial charge in [-0.25, -0.2) is 0 Å². The number of carbonyl (C=O) groups excluding carboxylic acids is 5. The van der Waals surface area contributed by atoms with Crippen molar-refractivity contribution in [3.05, 3.63) is 0 Å². The molecule has 0 unspecified atom stereocenters. The molecule has 1 saturated carbocycles. The van der Waals surface area contributed by atoms with Crippen LogP contribution >= 0.6 is 0 Å². The Hall–Kier alpha value is -1.85. The van der Waals surface area contributed by atoms with E-state index in [4.69, 9.17) is 0 Å². The minimum atomic E-state index is -1.20. The van der Waals surface area contributed by atoms with Gasteiger partial charge in [0.05, 0.1) is 0 Å². The Labute approximate surface area is 122 Å². The number of piperidine rings is 1. The lowest BCUT2D eigenvalue weighted by Gasteiger charge is -2.29. The molecule has 2 rings (SSSR count). The lowest BCUT2D eigenvalue weighted by atomic mass is 9.71. The number of imide groups is 1. The highest BCUT2D eigenvalue weighted by atomic mass is 16.2. The van der Waals surface area contributed by atoms with Crippen LogP contribution in [-0.2, 0) is 24.0 Å². The van der Waals surface area contributed by atoms with Crippen LogP contribution in [0.3, 0.4) is 0 Å². The third-order valence-corrected chi connectivity index (χ3v) is 4.29. The molecular formula is C15H19NO5. The summed E-state index contributed by atoms with van der Waals surface area (Å²) >= 11 is 0. The van der Waals surface area contributed by atoms with Gasteiger partial charge < -0.3 is 0 Å². The summed E-state index contributed by atoms with van der Waals surface area (Å²) < 4.78 is 0. The van der Waals surface area contributed by atoms with E-state index in [2.05, 4.69) is 5.32 Å². The van der Waals surface area contributed by atoms with E-state index in [0.29, 0.717) is 6.42 Å². The van der Waals surface area contributed by atoms with Crippen molar-refractivity contribution >= 4 is 29.2 Å². The smallest absolute Gasteiger partial charge is 0.226 e. The van der Waals surface area contributed by atoms with Gasteiger partial charge in [-0.05, 0) is 12.3 Å². The van der Waals surface area contributed by atoms with Crippen molar-refractivity contribution in [3.63, 3.8) is 0 Å². The van der Waals surface area contributed by atoms with Crippen molar-refractivity contribution < 1.29 is 24.0 Å². The first-order chi connectivity index (χ1) is 9.79. The van der Waals surface area contributed by atoms with E-state index in [1.54, 1.807) is 13.8 Å². The van der Waals surface area contributed by atoms with Gasteiger partial charge in [0.15, 0.2) is 17.3 Å². The highest BCUT2D eigenvalue weighted by Gasteiger charge is 2.44. The van der Waals surface area contributed by atoms with Crippen molar-refractivity contribution in [2.24, 2.45) is 23.7 Å². The Bertz CT molecular complexity index is 488. The number of nitrogens with one attached hydrogen (secondary N) is 1. The number of amides is 2. The highest BCUT2D eigenvalue weighted by molar-refractivity contribution is 6.21. The summed E-state index contributed by atoms with van der Waals surface area (Å²) in [6, 6.07) is 0. The normalized spacial score (nSPS) is 31.2. The van der Waals surface area contributed by atoms with Crippen LogP contribution in [0.2, 0.25) is 0 Å². The Morgan fingerprint density at radius 1 is 1.00 bits per heavy atom. The molecular weight excluding hydrogens is 274 g/mol. The minimum absolute atomic E-state index is 0.0687. The molecule has 6 nitrogen and oxygen atoms in total. The summed E-state index contributed by atoms with van der Waals surface area (Å²) in [5, 5.41) is 2.17. The van der Waals surface area contributed by atoms with E-state index in [1.807, 2.05) is 0 Å². The zero-order valence-electron chi connectivity index (χ0n) is 12.2. The van der Waals surface area contributed by atoms with Crippen LogP contribution in [0.4, 0.5) is 0 Å². The van der Waals surface area contributed by atoms with E-state index in [-0.39, 0.29) is 42.7 Å². The van der Waals surface area contributed by atoms with Crippen LogP contribution < -0.4 is 5.32 Å². The Morgan fingerprint density at radius 3 is 1.95 bits per heavy atom. The number of ketones is 3. The number of rotatable bonds is 3. The van der Waals surface area contributed by atoms with Crippen LogP contribution in [0, 0.1) is 23.7 Å². The summed E-state index contributed by atoms with van der Waals surface area (Å²) in [6.07, 6.45) is 0.571. The number of hydrogen-bond acceptors (Lipinski definition) is 5. The van der Waals surface area contributed by atoms with E-state index >= 15 is 0 Å². The standard InChI is InChI=1S/C15H19NO5/c1-7-3-8(2)15(21)13(14(7)20)10(17)4-9-5-11(18)16-12(19)6-9/h7-9,13H,3-6H2,1-2H3,(H,16,18,19)/t7-,8-/m1/s1. The molecule has 1 N–H and O–H groups in total. The molecule has 0 spiro atoms. The van der Waals surface area contributed by atoms with Gasteiger partial charge >= 0.3 is 0 Å². The average Bonchev–Trinajstić information content (AvgIpc) is 2.35. The van der Waals surface area contributed by atoms with Crippen LogP contribution in [0.1, 0.15) is 39.5 Å². The molecule has 1 aliphatic carbocycles. The van der Waals surface area contributed by atoms with Gasteiger partial charge in [-0.3, -0.25) is 29.3 Å². The topological polar surface area (TPSA) is 97.4 Å². The van der Waals surface area contributed by atoms with Crippen molar-refractivity contribution in [3.8, 4) is 0 Å². The van der Waals surface area contributed by atoms with Gasteiger partial charge in [0, 0.05) is 31.1 Å². The first kappa shape index (κ1) is 15.5. The van der Waals surface area contributed by atoms with E-state index in [0.717, 1.165) is 0 Å². The summed E-state index contributed by atoms with van der Waals surface area (Å²) in [4.78, 5) is 59.1. The van der Waals surface area contributed by atoms with Crippen LogP contribution in [-0.4, -0.2) is 29.2 Å². The zero-order chi connectivity index (χ0) is 15.7. The number of carbonyl (C=O) groups is 5. The van der Waals surface area contributed by atoms with Gasteiger partial charge in [0.25, 0.3) is 0 Å². The SMILES string of the molecule is C[C@@H]1C[C@@H](C)C(=O)C(C(=O)CC2CC(=O)NC(=O)C2)C1=O. The largest absolute Gasteiger partial charge is 0.298 e. The lowest BCUT2D eigenvalue weighted by Crippen LogP contribution is -2.45. The molecule has 0 bridgehead atoms. The summed E-state index contributed by atoms with van der Waals surface area (Å²) in [6.45, 7) is 3.45. The molecule has 2 amide bonds. The van der Waals surface area contributed by atoms with Crippen molar-refractivity contribution in [1.29, 1.82) is 0 Å². The molecule has 1 aliphatic heterocycles. The van der Waals surface area contributed by atoms with E-state index in [9.17, 15) is 24.0 Å². The average molecular weight is 293 g/mol. The van der Waals surface area contributed by atoms with E-state index < -0.39 is 29.4 Å². The maximum atomic E-state index is 12.3. The second-order valence-electron chi connectivity index (χ2n) is 6.19. The quantitative estimate of drug-likeness (QED) is 0.601. The molecule has 0 aromatic rings.